The van der Waals surface area contributed by atoms with E-state index in [2.05, 4.69) is 10.3 Å². The molecule has 0 aliphatic rings. The smallest absolute Gasteiger partial charge is 0.242 e. The van der Waals surface area contributed by atoms with Gasteiger partial charge in [-0.15, -0.1) is 0 Å². The average Bonchev–Trinajstić information content (AvgIpc) is 2.74. The Labute approximate surface area is 96.0 Å². The maximum Gasteiger partial charge on any atom is 0.242 e. The zero-order valence-corrected chi connectivity index (χ0v) is 10.3. The first-order valence-corrected chi connectivity index (χ1v) is 5.49. The van der Waals surface area contributed by atoms with Gasteiger partial charge in [0, 0.05) is 19.4 Å². The maximum atomic E-state index is 11.6. The first kappa shape index (κ1) is 12.7. The van der Waals surface area contributed by atoms with Gasteiger partial charge < -0.3 is 15.6 Å². The van der Waals surface area contributed by atoms with Crippen LogP contribution in [-0.2, 0) is 4.79 Å². The van der Waals surface area contributed by atoms with Crippen LogP contribution in [-0.4, -0.2) is 22.5 Å². The molecule has 1 heterocycles. The molecular weight excluding hydrogens is 204 g/mol. The van der Waals surface area contributed by atoms with Gasteiger partial charge in [-0.25, -0.2) is 4.98 Å². The summed E-state index contributed by atoms with van der Waals surface area (Å²) in [6.07, 6.45) is 3.47. The molecule has 1 rings (SSSR count). The lowest BCUT2D eigenvalue weighted by Gasteiger charge is -2.20. The number of nitrogens with one attached hydrogen (secondary N) is 1. The summed E-state index contributed by atoms with van der Waals surface area (Å²) in [5, 5.41) is 2.62. The fourth-order valence-corrected chi connectivity index (χ4v) is 1.54. The number of imidazole rings is 1. The maximum absolute atomic E-state index is 11.6. The van der Waals surface area contributed by atoms with E-state index in [9.17, 15) is 4.79 Å². The second-order valence-corrected chi connectivity index (χ2v) is 4.25. The topological polar surface area (TPSA) is 72.9 Å². The molecule has 5 nitrogen and oxygen atoms in total. The Bertz CT molecular complexity index is 359. The number of aromatic nitrogens is 2. The Hall–Kier alpha value is -1.36. The van der Waals surface area contributed by atoms with Crippen LogP contribution < -0.4 is 11.1 Å². The van der Waals surface area contributed by atoms with Crippen molar-refractivity contribution in [2.45, 2.75) is 32.9 Å². The summed E-state index contributed by atoms with van der Waals surface area (Å²) in [6, 6.07) is -0.436. The molecule has 0 aliphatic carbocycles. The van der Waals surface area contributed by atoms with E-state index in [-0.39, 0.29) is 23.9 Å². The van der Waals surface area contributed by atoms with E-state index >= 15 is 0 Å². The van der Waals surface area contributed by atoms with Crippen LogP contribution >= 0.6 is 0 Å². The van der Waals surface area contributed by atoms with Crippen LogP contribution in [0.3, 0.4) is 0 Å². The van der Waals surface area contributed by atoms with Gasteiger partial charge in [0.2, 0.25) is 5.91 Å². The highest BCUT2D eigenvalue weighted by Crippen LogP contribution is 2.20. The SMILES string of the molecule is CNC(=O)C(C)n1ccnc1C(N)C(C)C. The summed E-state index contributed by atoms with van der Waals surface area (Å²) in [6.45, 7) is 5.90. The molecule has 0 spiro atoms. The van der Waals surface area contributed by atoms with Gasteiger partial charge in [0.05, 0.1) is 6.04 Å². The van der Waals surface area contributed by atoms with Crippen LogP contribution in [0.2, 0.25) is 0 Å². The normalized spacial score (nSPS) is 14.9. The summed E-state index contributed by atoms with van der Waals surface area (Å²) < 4.78 is 1.82. The van der Waals surface area contributed by atoms with Crippen molar-refractivity contribution in [2.75, 3.05) is 7.05 Å². The Morgan fingerprint density at radius 1 is 1.50 bits per heavy atom. The van der Waals surface area contributed by atoms with Crippen molar-refractivity contribution >= 4 is 5.91 Å². The Kier molecular flexibility index (Phi) is 4.06. The molecule has 1 aromatic heterocycles. The molecule has 0 saturated heterocycles. The van der Waals surface area contributed by atoms with Crippen molar-refractivity contribution in [3.8, 4) is 0 Å². The molecule has 16 heavy (non-hydrogen) atoms. The minimum Gasteiger partial charge on any atom is -0.357 e. The van der Waals surface area contributed by atoms with Crippen LogP contribution in [0.1, 0.15) is 38.7 Å². The van der Waals surface area contributed by atoms with Crippen LogP contribution in [0.15, 0.2) is 12.4 Å². The fourth-order valence-electron chi connectivity index (χ4n) is 1.54. The van der Waals surface area contributed by atoms with Gasteiger partial charge in [-0.05, 0) is 12.8 Å². The number of likely N-dealkylation sites (N-methyl/N-ethyl adjacent to an activating group) is 1. The summed E-state index contributed by atoms with van der Waals surface area (Å²) in [7, 11) is 1.62. The first-order valence-electron chi connectivity index (χ1n) is 5.49. The van der Waals surface area contributed by atoms with Gasteiger partial charge in [-0.1, -0.05) is 13.8 Å². The Balaban J connectivity index is 2.98. The van der Waals surface area contributed by atoms with E-state index < -0.39 is 0 Å². The Morgan fingerprint density at radius 3 is 2.62 bits per heavy atom. The van der Waals surface area contributed by atoms with Crippen molar-refractivity contribution in [1.29, 1.82) is 0 Å². The third-order valence-corrected chi connectivity index (χ3v) is 2.76. The van der Waals surface area contributed by atoms with E-state index in [0.29, 0.717) is 0 Å². The number of nitrogens with two attached hydrogens (primary N) is 1. The third-order valence-electron chi connectivity index (χ3n) is 2.76. The average molecular weight is 224 g/mol. The van der Waals surface area contributed by atoms with E-state index in [1.807, 2.05) is 25.3 Å². The predicted molar refractivity (Wildman–Crippen MR) is 62.8 cm³/mol. The number of carbonyl (C=O) groups is 1. The largest absolute Gasteiger partial charge is 0.357 e. The monoisotopic (exact) mass is 224 g/mol. The summed E-state index contributed by atoms with van der Waals surface area (Å²) >= 11 is 0. The molecule has 90 valence electrons. The molecular formula is C11H20N4O. The molecule has 1 amide bonds. The number of carbonyl (C=O) groups excluding carboxylic acids is 1. The molecule has 0 fully saturated rings. The summed E-state index contributed by atoms with van der Waals surface area (Å²) in [5.74, 6) is 0.999. The summed E-state index contributed by atoms with van der Waals surface area (Å²) in [4.78, 5) is 15.8. The molecule has 5 heteroatoms. The molecule has 0 bridgehead atoms. The van der Waals surface area contributed by atoms with Gasteiger partial charge in [-0.3, -0.25) is 4.79 Å². The second kappa shape index (κ2) is 5.12. The Morgan fingerprint density at radius 2 is 2.12 bits per heavy atom. The lowest BCUT2D eigenvalue weighted by atomic mass is 10.0. The van der Waals surface area contributed by atoms with Gasteiger partial charge in [0.1, 0.15) is 11.9 Å². The van der Waals surface area contributed by atoms with Gasteiger partial charge in [0.25, 0.3) is 0 Å². The summed E-state index contributed by atoms with van der Waals surface area (Å²) in [5.41, 5.74) is 6.05. The minimum absolute atomic E-state index is 0.0461. The molecule has 3 N–H and O–H groups in total. The van der Waals surface area contributed by atoms with E-state index in [1.165, 1.54) is 0 Å². The third kappa shape index (κ3) is 2.41. The van der Waals surface area contributed by atoms with Crippen LogP contribution in [0, 0.1) is 5.92 Å². The first-order chi connectivity index (χ1) is 7.49. The molecule has 0 radical (unpaired) electrons. The number of amides is 1. The molecule has 0 saturated carbocycles. The van der Waals surface area contributed by atoms with E-state index in [4.69, 9.17) is 5.73 Å². The molecule has 0 aromatic carbocycles. The zero-order chi connectivity index (χ0) is 12.3. The van der Waals surface area contributed by atoms with Gasteiger partial charge >= 0.3 is 0 Å². The zero-order valence-electron chi connectivity index (χ0n) is 10.3. The van der Waals surface area contributed by atoms with Crippen molar-refractivity contribution in [3.63, 3.8) is 0 Å². The number of nitrogens with zero attached hydrogens (tertiary/aromatic N) is 2. The number of rotatable bonds is 4. The molecule has 1 aromatic rings. The standard InChI is InChI=1S/C11H20N4O/c1-7(2)9(12)10-14-5-6-15(10)8(3)11(16)13-4/h5-9H,12H2,1-4H3,(H,13,16). The number of hydrogen-bond donors (Lipinski definition) is 2. The highest BCUT2D eigenvalue weighted by atomic mass is 16.2. The second-order valence-electron chi connectivity index (χ2n) is 4.25. The lowest BCUT2D eigenvalue weighted by molar-refractivity contribution is -0.123. The van der Waals surface area contributed by atoms with Crippen molar-refractivity contribution in [3.05, 3.63) is 18.2 Å². The molecule has 2 unspecified atom stereocenters. The molecule has 2 atom stereocenters. The minimum atomic E-state index is -0.285. The highest BCUT2D eigenvalue weighted by Gasteiger charge is 2.21. The van der Waals surface area contributed by atoms with Crippen LogP contribution in [0.25, 0.3) is 0 Å². The lowest BCUT2D eigenvalue weighted by Crippen LogP contribution is -2.31. The van der Waals surface area contributed by atoms with Crippen LogP contribution in [0.5, 0.6) is 0 Å². The van der Waals surface area contributed by atoms with Crippen LogP contribution in [0.4, 0.5) is 0 Å². The van der Waals surface area contributed by atoms with Gasteiger partial charge in [0.15, 0.2) is 0 Å². The van der Waals surface area contributed by atoms with E-state index in [1.54, 1.807) is 19.4 Å². The number of hydrogen-bond acceptors (Lipinski definition) is 3. The fraction of sp³-hybridized carbons (Fsp3) is 0.636. The highest BCUT2D eigenvalue weighted by molar-refractivity contribution is 5.79. The molecule has 0 aliphatic heterocycles. The van der Waals surface area contributed by atoms with Crippen molar-refractivity contribution in [1.82, 2.24) is 14.9 Å². The predicted octanol–water partition coefficient (Wildman–Crippen LogP) is 0.846. The van der Waals surface area contributed by atoms with Crippen molar-refractivity contribution in [2.24, 2.45) is 11.7 Å². The van der Waals surface area contributed by atoms with Crippen molar-refractivity contribution < 1.29 is 4.79 Å². The quantitative estimate of drug-likeness (QED) is 0.796. The van der Waals surface area contributed by atoms with Gasteiger partial charge in [-0.2, -0.15) is 0 Å². The van der Waals surface area contributed by atoms with E-state index in [0.717, 1.165) is 5.82 Å².